The van der Waals surface area contributed by atoms with Gasteiger partial charge >= 0.3 is 5.76 Å². The maximum atomic E-state index is 12.2. The molecule has 24 heavy (non-hydrogen) atoms. The van der Waals surface area contributed by atoms with E-state index in [1.165, 1.54) is 11.8 Å². The van der Waals surface area contributed by atoms with Gasteiger partial charge in [-0.1, -0.05) is 11.6 Å². The summed E-state index contributed by atoms with van der Waals surface area (Å²) in [5.74, 6) is 0.181. The number of rotatable bonds is 3. The molecule has 0 unspecified atom stereocenters. The molecule has 0 aliphatic carbocycles. The molecule has 0 spiro atoms. The van der Waals surface area contributed by atoms with Crippen LogP contribution in [-0.4, -0.2) is 41.9 Å². The van der Waals surface area contributed by atoms with Gasteiger partial charge in [-0.05, 0) is 39.0 Å². The van der Waals surface area contributed by atoms with Gasteiger partial charge in [0.2, 0.25) is 0 Å². The van der Waals surface area contributed by atoms with Crippen LogP contribution >= 0.6 is 24.0 Å². The first-order valence-electron chi connectivity index (χ1n) is 7.41. The number of hydrogen-bond donors (Lipinski definition) is 1. The van der Waals surface area contributed by atoms with E-state index in [1.54, 1.807) is 12.1 Å². The largest absolute Gasteiger partial charge is 0.496 e. The summed E-state index contributed by atoms with van der Waals surface area (Å²) >= 11 is 6.06. The maximum Gasteiger partial charge on any atom is 0.437 e. The van der Waals surface area contributed by atoms with Crippen molar-refractivity contribution in [3.8, 4) is 17.2 Å². The van der Waals surface area contributed by atoms with Crippen LogP contribution in [0.1, 0.15) is 18.9 Å². The number of likely N-dealkylation sites (tertiary alicyclic amines) is 1. The number of nitrogen functional groups attached to an aromatic ring is 1. The van der Waals surface area contributed by atoms with E-state index in [0.717, 1.165) is 25.9 Å². The Morgan fingerprint density at radius 1 is 1.38 bits per heavy atom. The summed E-state index contributed by atoms with van der Waals surface area (Å²) < 4.78 is 12.0. The molecule has 132 valence electrons. The Morgan fingerprint density at radius 3 is 2.67 bits per heavy atom. The Hall–Kier alpha value is -1.70. The number of benzene rings is 1. The van der Waals surface area contributed by atoms with Crippen LogP contribution in [0.4, 0.5) is 5.69 Å². The summed E-state index contributed by atoms with van der Waals surface area (Å²) in [5.41, 5.74) is 6.68. The first-order valence-corrected chi connectivity index (χ1v) is 7.79. The lowest BCUT2D eigenvalue weighted by Crippen LogP contribution is -2.34. The normalized spacial score (nSPS) is 16.0. The van der Waals surface area contributed by atoms with Crippen molar-refractivity contribution in [2.75, 3.05) is 33.0 Å². The van der Waals surface area contributed by atoms with E-state index in [1.807, 2.05) is 0 Å². The molecule has 1 saturated heterocycles. The molecule has 1 aromatic carbocycles. The van der Waals surface area contributed by atoms with Crippen molar-refractivity contribution in [1.82, 2.24) is 14.7 Å². The first-order chi connectivity index (χ1) is 11.0. The van der Waals surface area contributed by atoms with Crippen molar-refractivity contribution < 1.29 is 9.15 Å². The Kier molecular flexibility index (Phi) is 5.79. The van der Waals surface area contributed by atoms with Crippen molar-refractivity contribution in [2.45, 2.75) is 18.9 Å². The van der Waals surface area contributed by atoms with Crippen molar-refractivity contribution in [3.05, 3.63) is 27.7 Å². The number of methoxy groups -OCH3 is 1. The van der Waals surface area contributed by atoms with Crippen LogP contribution in [-0.2, 0) is 0 Å². The monoisotopic (exact) mass is 374 g/mol. The quantitative estimate of drug-likeness (QED) is 0.830. The summed E-state index contributed by atoms with van der Waals surface area (Å²) in [6, 6.07) is 3.23. The second kappa shape index (κ2) is 7.46. The van der Waals surface area contributed by atoms with Crippen LogP contribution in [0.15, 0.2) is 21.3 Å². The fourth-order valence-corrected chi connectivity index (χ4v) is 2.94. The number of hydrogen-bond acceptors (Lipinski definition) is 6. The van der Waals surface area contributed by atoms with E-state index in [-0.39, 0.29) is 24.3 Å². The van der Waals surface area contributed by atoms with Crippen LogP contribution in [0.3, 0.4) is 0 Å². The van der Waals surface area contributed by atoms with Crippen LogP contribution in [0.2, 0.25) is 5.02 Å². The van der Waals surface area contributed by atoms with Crippen molar-refractivity contribution in [2.24, 2.45) is 0 Å². The van der Waals surface area contributed by atoms with E-state index in [9.17, 15) is 4.79 Å². The summed E-state index contributed by atoms with van der Waals surface area (Å²) in [4.78, 5) is 14.4. The maximum absolute atomic E-state index is 12.2. The number of ether oxygens (including phenoxy) is 1. The lowest BCUT2D eigenvalue weighted by molar-refractivity contribution is 0.206. The molecular weight excluding hydrogens is 355 g/mol. The Labute approximate surface area is 150 Å². The van der Waals surface area contributed by atoms with Gasteiger partial charge in [-0.2, -0.15) is 4.68 Å². The highest BCUT2D eigenvalue weighted by molar-refractivity contribution is 6.33. The molecular formula is C15H20Cl2N4O3. The number of aromatic nitrogens is 2. The van der Waals surface area contributed by atoms with Gasteiger partial charge in [0.05, 0.1) is 29.4 Å². The Bertz CT molecular complexity index is 767. The number of halogens is 2. The van der Waals surface area contributed by atoms with Gasteiger partial charge in [0.15, 0.2) is 0 Å². The third-order valence-electron chi connectivity index (χ3n) is 4.15. The highest BCUT2D eigenvalue weighted by atomic mass is 35.5. The molecule has 1 fully saturated rings. The first kappa shape index (κ1) is 18.6. The number of nitrogens with two attached hydrogens (primary N) is 1. The molecule has 1 aliphatic rings. The number of nitrogens with zero attached hydrogens (tertiary/aromatic N) is 3. The molecule has 2 N–H and O–H groups in total. The third kappa shape index (κ3) is 3.53. The standard InChI is InChI=1S/C15H19ClN4O3.ClH/c1-19-5-3-9(4-6-19)20-15(21)23-14(18-20)10-7-11(16)12(17)8-13(10)22-2;/h7-9H,3-6,17H2,1-2H3;1H. The number of piperidine rings is 1. The zero-order valence-corrected chi connectivity index (χ0v) is 15.1. The molecule has 0 bridgehead atoms. The minimum atomic E-state index is -0.468. The average molecular weight is 375 g/mol. The van der Waals surface area contributed by atoms with Gasteiger partial charge in [-0.15, -0.1) is 17.5 Å². The average Bonchev–Trinajstić information content (AvgIpc) is 2.92. The highest BCUT2D eigenvalue weighted by Gasteiger charge is 2.24. The lowest BCUT2D eigenvalue weighted by atomic mass is 10.1. The molecule has 1 aliphatic heterocycles. The minimum absolute atomic E-state index is 0. The topological polar surface area (TPSA) is 86.5 Å². The predicted octanol–water partition coefficient (Wildman–Crippen LogP) is 2.44. The Balaban J connectivity index is 0.00000208. The van der Waals surface area contributed by atoms with Crippen molar-refractivity contribution in [1.29, 1.82) is 0 Å². The summed E-state index contributed by atoms with van der Waals surface area (Å²) in [7, 11) is 3.58. The molecule has 0 amide bonds. The predicted molar refractivity (Wildman–Crippen MR) is 95.2 cm³/mol. The van der Waals surface area contributed by atoms with Crippen molar-refractivity contribution >= 4 is 29.7 Å². The second-order valence-corrected chi connectivity index (χ2v) is 6.13. The Morgan fingerprint density at radius 2 is 2.04 bits per heavy atom. The molecule has 0 saturated carbocycles. The molecule has 1 aromatic heterocycles. The molecule has 3 rings (SSSR count). The van der Waals surface area contributed by atoms with Crippen LogP contribution in [0, 0.1) is 0 Å². The summed E-state index contributed by atoms with van der Waals surface area (Å²) in [5, 5.41) is 4.71. The molecule has 7 nitrogen and oxygen atoms in total. The third-order valence-corrected chi connectivity index (χ3v) is 4.48. The van der Waals surface area contributed by atoms with Crippen LogP contribution < -0.4 is 16.2 Å². The van der Waals surface area contributed by atoms with Gasteiger partial charge in [0.1, 0.15) is 5.75 Å². The second-order valence-electron chi connectivity index (χ2n) is 5.73. The molecule has 2 aromatic rings. The fourth-order valence-electron chi connectivity index (χ4n) is 2.77. The zero-order chi connectivity index (χ0) is 16.6. The summed E-state index contributed by atoms with van der Waals surface area (Å²) in [6.07, 6.45) is 1.73. The molecule has 2 heterocycles. The molecule has 0 atom stereocenters. The van der Waals surface area contributed by atoms with E-state index < -0.39 is 5.76 Å². The van der Waals surface area contributed by atoms with E-state index in [0.29, 0.717) is 22.0 Å². The van der Waals surface area contributed by atoms with Crippen LogP contribution in [0.25, 0.3) is 11.5 Å². The smallest absolute Gasteiger partial charge is 0.437 e. The fraction of sp³-hybridized carbons (Fsp3) is 0.467. The van der Waals surface area contributed by atoms with Crippen LogP contribution in [0.5, 0.6) is 5.75 Å². The van der Waals surface area contributed by atoms with Gasteiger partial charge < -0.3 is 19.8 Å². The molecule has 0 radical (unpaired) electrons. The summed E-state index contributed by atoms with van der Waals surface area (Å²) in [6.45, 7) is 1.85. The van der Waals surface area contributed by atoms with Gasteiger partial charge in [-0.3, -0.25) is 0 Å². The van der Waals surface area contributed by atoms with Gasteiger partial charge in [-0.25, -0.2) is 4.79 Å². The zero-order valence-electron chi connectivity index (χ0n) is 13.5. The van der Waals surface area contributed by atoms with Gasteiger partial charge in [0.25, 0.3) is 5.89 Å². The van der Waals surface area contributed by atoms with Gasteiger partial charge in [0, 0.05) is 6.07 Å². The SMILES string of the molecule is COc1cc(N)c(Cl)cc1-c1nn(C2CCN(C)CC2)c(=O)o1.Cl. The lowest BCUT2D eigenvalue weighted by Gasteiger charge is -2.27. The molecule has 9 heteroatoms. The van der Waals surface area contributed by atoms with E-state index in [2.05, 4.69) is 17.0 Å². The highest BCUT2D eigenvalue weighted by Crippen LogP contribution is 2.35. The van der Waals surface area contributed by atoms with E-state index in [4.69, 9.17) is 26.5 Å². The van der Waals surface area contributed by atoms with Crippen molar-refractivity contribution in [3.63, 3.8) is 0 Å². The minimum Gasteiger partial charge on any atom is -0.496 e. The van der Waals surface area contributed by atoms with E-state index >= 15 is 0 Å². The number of anilines is 1.